The Morgan fingerprint density at radius 1 is 1.28 bits per heavy atom. The Kier molecular flexibility index (Phi) is 4.12. The summed E-state index contributed by atoms with van der Waals surface area (Å²) in [4.78, 5) is 8.76. The summed E-state index contributed by atoms with van der Waals surface area (Å²) in [5.74, 6) is 2.90. The fourth-order valence-corrected chi connectivity index (χ4v) is 2.09. The molecule has 0 unspecified atom stereocenters. The summed E-state index contributed by atoms with van der Waals surface area (Å²) in [5, 5.41) is 4.05. The Labute approximate surface area is 107 Å². The number of aromatic nitrogens is 4. The molecule has 0 amide bonds. The first-order chi connectivity index (χ1) is 8.78. The molecule has 2 aromatic heterocycles. The van der Waals surface area contributed by atoms with Crippen LogP contribution in [0.4, 0.5) is 0 Å². The first-order valence-electron chi connectivity index (χ1n) is 6.60. The maximum absolute atomic E-state index is 5.34. The van der Waals surface area contributed by atoms with Gasteiger partial charge in [-0.05, 0) is 12.8 Å². The van der Waals surface area contributed by atoms with E-state index in [0.717, 1.165) is 36.8 Å². The van der Waals surface area contributed by atoms with Crippen LogP contribution in [0, 0.1) is 0 Å². The van der Waals surface area contributed by atoms with Crippen LogP contribution in [0.3, 0.4) is 0 Å². The van der Waals surface area contributed by atoms with Crippen molar-refractivity contribution in [1.82, 2.24) is 19.7 Å². The molecule has 0 saturated heterocycles. The topological polar surface area (TPSA) is 56.7 Å². The molecule has 0 aliphatic rings. The quantitative estimate of drug-likeness (QED) is 0.788. The second-order valence-corrected chi connectivity index (χ2v) is 4.39. The van der Waals surface area contributed by atoms with Crippen LogP contribution in [0.5, 0.6) is 0 Å². The minimum atomic E-state index is 0.375. The van der Waals surface area contributed by atoms with Crippen molar-refractivity contribution in [2.24, 2.45) is 0 Å². The van der Waals surface area contributed by atoms with Gasteiger partial charge in [-0.3, -0.25) is 0 Å². The molecule has 98 valence electrons. The van der Waals surface area contributed by atoms with E-state index in [1.165, 1.54) is 0 Å². The minimum absolute atomic E-state index is 0.375. The third kappa shape index (κ3) is 2.60. The Balaban J connectivity index is 2.11. The van der Waals surface area contributed by atoms with Gasteiger partial charge in [0.2, 0.25) is 5.89 Å². The highest BCUT2D eigenvalue weighted by Crippen LogP contribution is 2.21. The van der Waals surface area contributed by atoms with Crippen LogP contribution in [0.25, 0.3) is 0 Å². The van der Waals surface area contributed by atoms with Gasteiger partial charge in [-0.2, -0.15) is 4.98 Å². The maximum Gasteiger partial charge on any atom is 0.229 e. The zero-order chi connectivity index (χ0) is 13.0. The van der Waals surface area contributed by atoms with Crippen molar-refractivity contribution in [2.75, 3.05) is 0 Å². The van der Waals surface area contributed by atoms with E-state index in [-0.39, 0.29) is 0 Å². The first kappa shape index (κ1) is 12.8. The summed E-state index contributed by atoms with van der Waals surface area (Å²) in [6.07, 6.45) is 6.73. The van der Waals surface area contributed by atoms with Crippen molar-refractivity contribution in [2.45, 2.75) is 52.5 Å². The molecule has 0 N–H and O–H groups in total. The molecule has 0 fully saturated rings. The van der Waals surface area contributed by atoms with Gasteiger partial charge in [0.15, 0.2) is 5.82 Å². The lowest BCUT2D eigenvalue weighted by Crippen LogP contribution is -2.05. The van der Waals surface area contributed by atoms with E-state index in [0.29, 0.717) is 12.5 Å². The molecule has 2 rings (SSSR count). The smallest absolute Gasteiger partial charge is 0.229 e. The summed E-state index contributed by atoms with van der Waals surface area (Å²) in [6.45, 7) is 7.00. The lowest BCUT2D eigenvalue weighted by molar-refractivity contribution is 0.342. The van der Waals surface area contributed by atoms with Gasteiger partial charge in [0.1, 0.15) is 5.82 Å². The Morgan fingerprint density at radius 2 is 2.06 bits per heavy atom. The maximum atomic E-state index is 5.34. The van der Waals surface area contributed by atoms with E-state index in [1.54, 1.807) is 6.20 Å². The normalized spacial score (nSPS) is 11.3. The van der Waals surface area contributed by atoms with E-state index in [9.17, 15) is 0 Å². The number of nitrogens with zero attached hydrogens (tertiary/aromatic N) is 4. The predicted molar refractivity (Wildman–Crippen MR) is 68.3 cm³/mol. The number of imidazole rings is 1. The summed E-state index contributed by atoms with van der Waals surface area (Å²) in [7, 11) is 0. The molecule has 0 spiro atoms. The van der Waals surface area contributed by atoms with Crippen molar-refractivity contribution in [3.05, 3.63) is 29.9 Å². The van der Waals surface area contributed by atoms with E-state index < -0.39 is 0 Å². The Morgan fingerprint density at radius 3 is 2.72 bits per heavy atom. The van der Waals surface area contributed by atoms with Crippen molar-refractivity contribution < 1.29 is 4.52 Å². The van der Waals surface area contributed by atoms with Crippen molar-refractivity contribution in [3.8, 4) is 0 Å². The predicted octanol–water partition coefficient (Wildman–Crippen LogP) is 2.78. The van der Waals surface area contributed by atoms with Crippen LogP contribution in [-0.4, -0.2) is 19.7 Å². The SMILES string of the molecule is CCc1nccn1Cc1noc(C(CC)CC)n1. The molecule has 0 saturated carbocycles. The van der Waals surface area contributed by atoms with E-state index in [2.05, 4.69) is 40.5 Å². The largest absolute Gasteiger partial charge is 0.339 e. The molecule has 5 nitrogen and oxygen atoms in total. The third-order valence-corrected chi connectivity index (χ3v) is 3.25. The second kappa shape index (κ2) is 5.80. The monoisotopic (exact) mass is 248 g/mol. The molecular weight excluding hydrogens is 228 g/mol. The fraction of sp³-hybridized carbons (Fsp3) is 0.615. The second-order valence-electron chi connectivity index (χ2n) is 4.39. The summed E-state index contributed by atoms with van der Waals surface area (Å²) < 4.78 is 7.39. The molecule has 18 heavy (non-hydrogen) atoms. The lowest BCUT2D eigenvalue weighted by Gasteiger charge is -2.04. The highest BCUT2D eigenvalue weighted by molar-refractivity contribution is 4.98. The molecule has 0 aliphatic carbocycles. The lowest BCUT2D eigenvalue weighted by atomic mass is 10.0. The van der Waals surface area contributed by atoms with Crippen LogP contribution < -0.4 is 0 Å². The van der Waals surface area contributed by atoms with Crippen LogP contribution in [0.2, 0.25) is 0 Å². The van der Waals surface area contributed by atoms with Crippen LogP contribution in [-0.2, 0) is 13.0 Å². The molecule has 2 heterocycles. The fourth-order valence-electron chi connectivity index (χ4n) is 2.09. The average molecular weight is 248 g/mol. The van der Waals surface area contributed by atoms with Gasteiger partial charge >= 0.3 is 0 Å². The van der Waals surface area contributed by atoms with E-state index in [4.69, 9.17) is 4.52 Å². The highest BCUT2D eigenvalue weighted by Gasteiger charge is 2.15. The molecule has 0 bridgehead atoms. The van der Waals surface area contributed by atoms with Crippen molar-refractivity contribution >= 4 is 0 Å². The highest BCUT2D eigenvalue weighted by atomic mass is 16.5. The van der Waals surface area contributed by atoms with Gasteiger partial charge in [0, 0.05) is 24.7 Å². The first-order valence-corrected chi connectivity index (χ1v) is 6.60. The summed E-state index contributed by atoms with van der Waals surface area (Å²) >= 11 is 0. The third-order valence-electron chi connectivity index (χ3n) is 3.25. The van der Waals surface area contributed by atoms with Crippen molar-refractivity contribution in [3.63, 3.8) is 0 Å². The molecule has 0 radical (unpaired) electrons. The number of rotatable bonds is 6. The molecule has 0 aliphatic heterocycles. The van der Waals surface area contributed by atoms with Gasteiger partial charge < -0.3 is 9.09 Å². The van der Waals surface area contributed by atoms with Crippen molar-refractivity contribution in [1.29, 1.82) is 0 Å². The summed E-state index contributed by atoms with van der Waals surface area (Å²) in [6, 6.07) is 0. The van der Waals surface area contributed by atoms with E-state index >= 15 is 0 Å². The molecular formula is C13H20N4O. The molecule has 2 aromatic rings. The van der Waals surface area contributed by atoms with Crippen LogP contribution in [0.1, 0.15) is 57.1 Å². The number of hydrogen-bond acceptors (Lipinski definition) is 4. The zero-order valence-corrected chi connectivity index (χ0v) is 11.3. The number of hydrogen-bond donors (Lipinski definition) is 0. The Bertz CT molecular complexity index is 485. The van der Waals surface area contributed by atoms with Gasteiger partial charge in [-0.25, -0.2) is 4.98 Å². The van der Waals surface area contributed by atoms with Gasteiger partial charge in [-0.15, -0.1) is 0 Å². The van der Waals surface area contributed by atoms with Gasteiger partial charge in [-0.1, -0.05) is 25.9 Å². The number of aryl methyl sites for hydroxylation is 1. The van der Waals surface area contributed by atoms with E-state index in [1.807, 2.05) is 6.20 Å². The Hall–Kier alpha value is -1.65. The van der Waals surface area contributed by atoms with Crippen LogP contribution >= 0.6 is 0 Å². The van der Waals surface area contributed by atoms with Gasteiger partial charge in [0.25, 0.3) is 0 Å². The molecule has 5 heteroatoms. The minimum Gasteiger partial charge on any atom is -0.339 e. The molecule has 0 atom stereocenters. The molecule has 0 aromatic carbocycles. The summed E-state index contributed by atoms with van der Waals surface area (Å²) in [5.41, 5.74) is 0. The zero-order valence-electron chi connectivity index (χ0n) is 11.3. The van der Waals surface area contributed by atoms with Crippen LogP contribution in [0.15, 0.2) is 16.9 Å². The average Bonchev–Trinajstić information content (AvgIpc) is 3.01. The standard InChI is InChI=1S/C13H20N4O/c1-4-10(5-2)13-15-11(16-18-13)9-17-8-7-14-12(17)6-3/h7-8,10H,4-6,9H2,1-3H3. The van der Waals surface area contributed by atoms with Gasteiger partial charge in [0.05, 0.1) is 6.54 Å².